The average Bonchev–Trinajstić information content (AvgIpc) is 3.32. The van der Waals surface area contributed by atoms with Crippen LogP contribution in [0.5, 0.6) is 17.2 Å². The van der Waals surface area contributed by atoms with Gasteiger partial charge < -0.3 is 40.1 Å². The maximum absolute atomic E-state index is 11.2. The van der Waals surface area contributed by atoms with Crippen molar-refractivity contribution < 1.29 is 49.1 Å². The van der Waals surface area contributed by atoms with Gasteiger partial charge in [-0.3, -0.25) is 14.4 Å². The number of phosphoric ester groups is 1. The number of aliphatic hydroxyl groups is 3. The predicted octanol–water partition coefficient (Wildman–Crippen LogP) is -0.305. The Bertz CT molecular complexity index is 1270. The van der Waals surface area contributed by atoms with E-state index < -0.39 is 56.2 Å². The van der Waals surface area contributed by atoms with E-state index in [0.29, 0.717) is 0 Å². The molecular formula is C17H19BrN5O10P. The SMILES string of the molecule is O=P(O)(O)Oc1cc(Br)c(O)c(CNc2ncnc3c2ncn3[C@@H]2O[C@H](CO)[C@@H](O)[C@H]2O)c1O. The first-order valence-electron chi connectivity index (χ1n) is 9.54. The standard InChI is InChI=1S/C17H19BrN5O10P/c18-7-1-8(33-34(29,30)31)12(26)6(11(7)25)2-19-15-10-16(21-4-20-15)23(5-22-10)17-14(28)13(27)9(3-24)32-17/h1,4-5,9,13-14,17,24-28H,2-3H2,(H,19,20,21)(H2,29,30,31)/t9-,13-,14-,17-/m1/s1. The molecule has 0 radical (unpaired) electrons. The number of aliphatic hydroxyl groups excluding tert-OH is 3. The molecule has 8 N–H and O–H groups in total. The Balaban J connectivity index is 1.63. The third-order valence-electron chi connectivity index (χ3n) is 5.09. The lowest BCUT2D eigenvalue weighted by Crippen LogP contribution is -2.33. The van der Waals surface area contributed by atoms with E-state index >= 15 is 0 Å². The Morgan fingerprint density at radius 1 is 1.18 bits per heavy atom. The van der Waals surface area contributed by atoms with Gasteiger partial charge in [0, 0.05) is 12.6 Å². The maximum Gasteiger partial charge on any atom is 0.524 e. The quantitative estimate of drug-likeness (QED) is 0.172. The number of aromatic nitrogens is 4. The molecule has 34 heavy (non-hydrogen) atoms. The van der Waals surface area contributed by atoms with E-state index in [1.54, 1.807) is 0 Å². The van der Waals surface area contributed by atoms with Gasteiger partial charge in [0.25, 0.3) is 0 Å². The largest absolute Gasteiger partial charge is 0.524 e. The van der Waals surface area contributed by atoms with E-state index in [4.69, 9.17) is 14.5 Å². The van der Waals surface area contributed by atoms with Gasteiger partial charge in [0.2, 0.25) is 0 Å². The fraction of sp³-hybridized carbons (Fsp3) is 0.353. The third-order valence-corrected chi connectivity index (χ3v) is 6.13. The maximum atomic E-state index is 11.2. The summed E-state index contributed by atoms with van der Waals surface area (Å²) in [5.74, 6) is -1.53. The van der Waals surface area contributed by atoms with Crippen molar-refractivity contribution in [2.45, 2.75) is 31.1 Å². The van der Waals surface area contributed by atoms with Crippen LogP contribution in [0, 0.1) is 0 Å². The van der Waals surface area contributed by atoms with Gasteiger partial charge in [0.15, 0.2) is 34.7 Å². The van der Waals surface area contributed by atoms with Crippen LogP contribution in [0.25, 0.3) is 11.2 Å². The van der Waals surface area contributed by atoms with Crippen molar-refractivity contribution in [3.8, 4) is 17.2 Å². The molecule has 1 fully saturated rings. The lowest BCUT2D eigenvalue weighted by Gasteiger charge is -2.17. The number of benzene rings is 1. The second-order valence-corrected chi connectivity index (χ2v) is 9.26. The molecule has 1 saturated heterocycles. The van der Waals surface area contributed by atoms with Crippen LogP contribution in [0.15, 0.2) is 23.2 Å². The monoisotopic (exact) mass is 563 g/mol. The van der Waals surface area contributed by atoms with Crippen LogP contribution in [0.1, 0.15) is 11.8 Å². The summed E-state index contributed by atoms with van der Waals surface area (Å²) in [5.41, 5.74) is 0.258. The number of phenols is 2. The molecule has 184 valence electrons. The summed E-state index contributed by atoms with van der Waals surface area (Å²) in [4.78, 5) is 30.4. The first kappa shape index (κ1) is 24.6. The molecule has 1 aliphatic rings. The summed E-state index contributed by atoms with van der Waals surface area (Å²) < 4.78 is 22.5. The second kappa shape index (κ2) is 9.24. The van der Waals surface area contributed by atoms with Crippen LogP contribution in [0.2, 0.25) is 0 Å². The van der Waals surface area contributed by atoms with Crippen molar-refractivity contribution in [3.63, 3.8) is 0 Å². The smallest absolute Gasteiger partial charge is 0.506 e. The number of imidazole rings is 1. The fourth-order valence-electron chi connectivity index (χ4n) is 3.47. The number of ether oxygens (including phenoxy) is 1. The number of halogens is 1. The number of phenolic OH excluding ortho intramolecular Hbond substituents is 2. The Morgan fingerprint density at radius 3 is 2.56 bits per heavy atom. The summed E-state index contributed by atoms with van der Waals surface area (Å²) >= 11 is 3.03. The van der Waals surface area contributed by atoms with Crippen LogP contribution < -0.4 is 9.84 Å². The average molecular weight is 564 g/mol. The molecule has 4 rings (SSSR count). The molecular weight excluding hydrogens is 545 g/mol. The minimum absolute atomic E-state index is 0.00651. The number of hydrogen-bond acceptors (Lipinski definition) is 12. The molecule has 3 heterocycles. The summed E-state index contributed by atoms with van der Waals surface area (Å²) in [6.07, 6.45) is -2.28. The van der Waals surface area contributed by atoms with Gasteiger partial charge in [-0.25, -0.2) is 19.5 Å². The molecule has 3 aromatic rings. The zero-order chi connectivity index (χ0) is 24.8. The van der Waals surface area contributed by atoms with Crippen LogP contribution in [0.3, 0.4) is 0 Å². The molecule has 0 aliphatic carbocycles. The van der Waals surface area contributed by atoms with Crippen LogP contribution in [-0.2, 0) is 15.8 Å². The van der Waals surface area contributed by atoms with E-state index in [-0.39, 0.29) is 33.6 Å². The number of fused-ring (bicyclic) bond motifs is 1. The number of aromatic hydroxyl groups is 2. The molecule has 0 amide bonds. The first-order valence-corrected chi connectivity index (χ1v) is 11.9. The third kappa shape index (κ3) is 4.54. The second-order valence-electron chi connectivity index (χ2n) is 7.24. The predicted molar refractivity (Wildman–Crippen MR) is 116 cm³/mol. The van der Waals surface area contributed by atoms with Crippen molar-refractivity contribution >= 4 is 40.7 Å². The molecule has 17 heteroatoms. The first-order chi connectivity index (χ1) is 16.0. The molecule has 2 aromatic heterocycles. The minimum Gasteiger partial charge on any atom is -0.506 e. The Morgan fingerprint density at radius 2 is 1.91 bits per heavy atom. The molecule has 1 aromatic carbocycles. The summed E-state index contributed by atoms with van der Waals surface area (Å²) in [7, 11) is -4.99. The molecule has 0 bridgehead atoms. The number of anilines is 1. The lowest BCUT2D eigenvalue weighted by atomic mass is 10.1. The van der Waals surface area contributed by atoms with Gasteiger partial charge in [-0.2, -0.15) is 0 Å². The van der Waals surface area contributed by atoms with E-state index in [1.807, 2.05) is 0 Å². The van der Waals surface area contributed by atoms with E-state index in [0.717, 1.165) is 6.07 Å². The van der Waals surface area contributed by atoms with Crippen molar-refractivity contribution in [2.24, 2.45) is 0 Å². The summed E-state index contributed by atoms with van der Waals surface area (Å²) in [6, 6.07) is 0.999. The van der Waals surface area contributed by atoms with Crippen molar-refractivity contribution in [1.29, 1.82) is 0 Å². The van der Waals surface area contributed by atoms with Crippen molar-refractivity contribution in [1.82, 2.24) is 19.5 Å². The zero-order valence-electron chi connectivity index (χ0n) is 16.9. The van der Waals surface area contributed by atoms with Gasteiger partial charge in [-0.15, -0.1) is 0 Å². The normalized spacial score (nSPS) is 22.9. The van der Waals surface area contributed by atoms with E-state index in [9.17, 15) is 30.1 Å². The molecule has 0 unspecified atom stereocenters. The Kier molecular flexibility index (Phi) is 6.67. The van der Waals surface area contributed by atoms with Crippen LogP contribution >= 0.6 is 23.8 Å². The number of phosphoric acid groups is 1. The van der Waals surface area contributed by atoms with Crippen LogP contribution in [-0.4, -0.2) is 79.8 Å². The number of rotatable bonds is 7. The van der Waals surface area contributed by atoms with Crippen molar-refractivity contribution in [2.75, 3.05) is 11.9 Å². The molecule has 0 saturated carbocycles. The fourth-order valence-corrected chi connectivity index (χ4v) is 4.31. The topological polar surface area (TPSA) is 233 Å². The molecule has 15 nitrogen and oxygen atoms in total. The van der Waals surface area contributed by atoms with E-state index in [1.165, 1.54) is 17.2 Å². The minimum atomic E-state index is -4.99. The van der Waals surface area contributed by atoms with Gasteiger partial charge in [0.05, 0.1) is 23.0 Å². The molecule has 4 atom stereocenters. The molecule has 0 spiro atoms. The van der Waals surface area contributed by atoms with Gasteiger partial charge in [-0.1, -0.05) is 0 Å². The zero-order valence-corrected chi connectivity index (χ0v) is 19.4. The summed E-state index contributed by atoms with van der Waals surface area (Å²) in [5, 5.41) is 53.1. The number of hydrogen-bond donors (Lipinski definition) is 8. The van der Waals surface area contributed by atoms with Gasteiger partial charge in [-0.05, 0) is 15.9 Å². The van der Waals surface area contributed by atoms with Crippen molar-refractivity contribution in [3.05, 3.63) is 28.8 Å². The summed E-state index contributed by atoms with van der Waals surface area (Å²) in [6.45, 7) is -0.780. The number of nitrogens with one attached hydrogen (secondary N) is 1. The lowest BCUT2D eigenvalue weighted by molar-refractivity contribution is -0.0511. The highest BCUT2D eigenvalue weighted by molar-refractivity contribution is 9.10. The Hall–Kier alpha value is -2.56. The highest BCUT2D eigenvalue weighted by atomic mass is 79.9. The number of nitrogens with zero attached hydrogens (tertiary/aromatic N) is 4. The highest BCUT2D eigenvalue weighted by Gasteiger charge is 2.44. The van der Waals surface area contributed by atoms with Crippen LogP contribution in [0.4, 0.5) is 5.82 Å². The Labute approximate surface area is 198 Å². The highest BCUT2D eigenvalue weighted by Crippen LogP contribution is 2.47. The van der Waals surface area contributed by atoms with Gasteiger partial charge >= 0.3 is 7.82 Å². The molecule has 1 aliphatic heterocycles. The van der Waals surface area contributed by atoms with E-state index in [2.05, 4.69) is 40.7 Å². The van der Waals surface area contributed by atoms with Gasteiger partial charge in [0.1, 0.15) is 30.4 Å².